The summed E-state index contributed by atoms with van der Waals surface area (Å²) in [6, 6.07) is 6.94. The van der Waals surface area contributed by atoms with Crippen LogP contribution < -0.4 is 4.72 Å². The molecule has 0 saturated heterocycles. The molecule has 2 rings (SSSR count). The molecule has 1 aromatic carbocycles. The summed E-state index contributed by atoms with van der Waals surface area (Å²) in [5, 5.41) is 0.211. The van der Waals surface area contributed by atoms with Crippen LogP contribution in [0.3, 0.4) is 0 Å². The van der Waals surface area contributed by atoms with Crippen LogP contribution >= 0.6 is 22.9 Å². The van der Waals surface area contributed by atoms with Gasteiger partial charge in [-0.1, -0.05) is 11.6 Å². The average molecular weight is 306 g/mol. The van der Waals surface area contributed by atoms with E-state index in [9.17, 15) is 12.8 Å². The lowest BCUT2D eigenvalue weighted by atomic mass is 10.3. The van der Waals surface area contributed by atoms with E-state index in [-0.39, 0.29) is 14.9 Å². The highest BCUT2D eigenvalue weighted by Crippen LogP contribution is 2.25. The van der Waals surface area contributed by atoms with Gasteiger partial charge >= 0.3 is 0 Å². The lowest BCUT2D eigenvalue weighted by Gasteiger charge is -2.07. The fourth-order valence-corrected chi connectivity index (χ4v) is 3.83. The molecule has 0 aliphatic carbocycles. The van der Waals surface area contributed by atoms with E-state index in [1.165, 1.54) is 18.2 Å². The van der Waals surface area contributed by atoms with Gasteiger partial charge in [0.05, 0.1) is 5.69 Å². The topological polar surface area (TPSA) is 46.2 Å². The molecular weight excluding hydrogens is 297 g/mol. The maximum Gasteiger partial charge on any atom is 0.271 e. The van der Waals surface area contributed by atoms with Crippen LogP contribution in [0, 0.1) is 12.7 Å². The normalized spacial score (nSPS) is 11.5. The van der Waals surface area contributed by atoms with Crippen LogP contribution in [-0.4, -0.2) is 8.42 Å². The summed E-state index contributed by atoms with van der Waals surface area (Å²) in [4.78, 5) is 0.868. The van der Waals surface area contributed by atoms with Crippen LogP contribution in [0.1, 0.15) is 4.88 Å². The van der Waals surface area contributed by atoms with E-state index >= 15 is 0 Å². The third-order valence-corrected chi connectivity index (χ3v) is 5.25. The summed E-state index contributed by atoms with van der Waals surface area (Å²) < 4.78 is 39.7. The number of hydrogen-bond donors (Lipinski definition) is 1. The minimum atomic E-state index is -3.74. The van der Waals surface area contributed by atoms with Crippen molar-refractivity contribution >= 4 is 38.6 Å². The van der Waals surface area contributed by atoms with Crippen molar-refractivity contribution in [1.82, 2.24) is 0 Å². The van der Waals surface area contributed by atoms with E-state index in [2.05, 4.69) is 4.72 Å². The van der Waals surface area contributed by atoms with Crippen molar-refractivity contribution in [3.63, 3.8) is 0 Å². The van der Waals surface area contributed by atoms with Gasteiger partial charge in [0.1, 0.15) is 10.0 Å². The second-order valence-electron chi connectivity index (χ2n) is 3.59. The number of thiophene rings is 1. The molecule has 96 valence electrons. The summed E-state index contributed by atoms with van der Waals surface area (Å²) in [6.07, 6.45) is 0. The third-order valence-electron chi connectivity index (χ3n) is 2.16. The summed E-state index contributed by atoms with van der Waals surface area (Å²) in [6.45, 7) is 1.80. The van der Waals surface area contributed by atoms with Crippen molar-refractivity contribution < 1.29 is 12.8 Å². The Kier molecular flexibility index (Phi) is 3.61. The van der Waals surface area contributed by atoms with E-state index in [1.54, 1.807) is 13.0 Å². The zero-order chi connectivity index (χ0) is 13.3. The molecule has 2 aromatic rings. The Labute approximate surface area is 113 Å². The molecule has 7 heteroatoms. The molecule has 3 nitrogen and oxygen atoms in total. The van der Waals surface area contributed by atoms with Crippen molar-refractivity contribution in [1.29, 1.82) is 0 Å². The van der Waals surface area contributed by atoms with Crippen LogP contribution in [0.2, 0.25) is 5.02 Å². The fourth-order valence-electron chi connectivity index (χ4n) is 1.32. The van der Waals surface area contributed by atoms with Gasteiger partial charge in [0, 0.05) is 9.90 Å². The second kappa shape index (κ2) is 4.87. The molecule has 0 radical (unpaired) electrons. The largest absolute Gasteiger partial charge is 0.276 e. The maximum absolute atomic E-state index is 13.5. The maximum atomic E-state index is 13.5. The number of rotatable bonds is 3. The molecule has 0 amide bonds. The molecular formula is C11H9ClFNO2S2. The highest BCUT2D eigenvalue weighted by molar-refractivity contribution is 7.94. The molecule has 0 bridgehead atoms. The Hall–Kier alpha value is -1.11. The van der Waals surface area contributed by atoms with E-state index in [4.69, 9.17) is 11.6 Å². The number of aryl methyl sites for hydroxylation is 1. The van der Waals surface area contributed by atoms with Gasteiger partial charge in [0.15, 0.2) is 0 Å². The van der Waals surface area contributed by atoms with Gasteiger partial charge in [-0.25, -0.2) is 12.8 Å². The molecule has 1 aromatic heterocycles. The third kappa shape index (κ3) is 2.82. The van der Waals surface area contributed by atoms with Crippen LogP contribution in [0.5, 0.6) is 0 Å². The summed E-state index contributed by atoms with van der Waals surface area (Å²) in [5.74, 6) is -0.709. The number of hydrogen-bond acceptors (Lipinski definition) is 3. The van der Waals surface area contributed by atoms with E-state index in [0.29, 0.717) is 0 Å². The first-order chi connectivity index (χ1) is 8.38. The van der Waals surface area contributed by atoms with E-state index in [1.807, 2.05) is 0 Å². The molecule has 0 aliphatic heterocycles. The van der Waals surface area contributed by atoms with Gasteiger partial charge in [0.25, 0.3) is 10.0 Å². The first-order valence-corrected chi connectivity index (χ1v) is 7.60. The Morgan fingerprint density at radius 3 is 2.56 bits per heavy atom. The van der Waals surface area contributed by atoms with Crippen LogP contribution in [0.15, 0.2) is 34.5 Å². The average Bonchev–Trinajstić information content (AvgIpc) is 2.70. The van der Waals surface area contributed by atoms with Crippen molar-refractivity contribution in [3.05, 3.63) is 46.0 Å². The molecule has 0 fully saturated rings. The van der Waals surface area contributed by atoms with Crippen molar-refractivity contribution in [2.75, 3.05) is 4.72 Å². The quantitative estimate of drug-likeness (QED) is 0.941. The molecule has 0 unspecified atom stereocenters. The lowest BCUT2D eigenvalue weighted by molar-refractivity contribution is 0.600. The van der Waals surface area contributed by atoms with Gasteiger partial charge in [-0.3, -0.25) is 4.72 Å². The number of halogens is 2. The zero-order valence-electron chi connectivity index (χ0n) is 9.28. The van der Waals surface area contributed by atoms with E-state index < -0.39 is 15.8 Å². The number of nitrogens with one attached hydrogen (secondary N) is 1. The Bertz CT molecular complexity index is 682. The van der Waals surface area contributed by atoms with Crippen molar-refractivity contribution in [2.24, 2.45) is 0 Å². The van der Waals surface area contributed by atoms with Crippen LogP contribution in [0.25, 0.3) is 0 Å². The Balaban J connectivity index is 2.33. The standard InChI is InChI=1S/C11H9ClFNO2S2/c1-7-2-5-11(17-7)18(15,16)14-10-4-3-8(12)6-9(10)13/h2-6,14H,1H3. The fraction of sp³-hybridized carbons (Fsp3) is 0.0909. The van der Waals surface area contributed by atoms with Crippen molar-refractivity contribution in [3.8, 4) is 0 Å². The second-order valence-corrected chi connectivity index (χ2v) is 7.23. The van der Waals surface area contributed by atoms with Gasteiger partial charge < -0.3 is 0 Å². The van der Waals surface area contributed by atoms with Crippen molar-refractivity contribution in [2.45, 2.75) is 11.1 Å². The summed E-state index contributed by atoms with van der Waals surface area (Å²) in [7, 11) is -3.74. The Morgan fingerprint density at radius 1 is 1.28 bits per heavy atom. The van der Waals surface area contributed by atoms with E-state index in [0.717, 1.165) is 22.3 Å². The highest BCUT2D eigenvalue weighted by atomic mass is 35.5. The summed E-state index contributed by atoms with van der Waals surface area (Å²) in [5.41, 5.74) is -0.120. The van der Waals surface area contributed by atoms with Gasteiger partial charge in [-0.05, 0) is 37.3 Å². The highest BCUT2D eigenvalue weighted by Gasteiger charge is 2.18. The van der Waals surface area contributed by atoms with Gasteiger partial charge in [0.2, 0.25) is 0 Å². The van der Waals surface area contributed by atoms with Crippen LogP contribution in [0.4, 0.5) is 10.1 Å². The molecule has 1 N–H and O–H groups in total. The lowest BCUT2D eigenvalue weighted by Crippen LogP contribution is -2.12. The molecule has 1 heterocycles. The first-order valence-electron chi connectivity index (χ1n) is 4.93. The Morgan fingerprint density at radius 2 is 2.00 bits per heavy atom. The number of sulfonamides is 1. The number of benzene rings is 1. The predicted molar refractivity (Wildman–Crippen MR) is 71.3 cm³/mol. The van der Waals surface area contributed by atoms with Crippen LogP contribution in [-0.2, 0) is 10.0 Å². The SMILES string of the molecule is Cc1ccc(S(=O)(=O)Nc2ccc(Cl)cc2F)s1. The predicted octanol–water partition coefficient (Wildman–Crippen LogP) is 3.65. The monoisotopic (exact) mass is 305 g/mol. The smallest absolute Gasteiger partial charge is 0.271 e. The molecule has 0 aliphatic rings. The minimum absolute atomic E-state index is 0.120. The molecule has 18 heavy (non-hydrogen) atoms. The van der Waals surface area contributed by atoms with Gasteiger partial charge in [-0.15, -0.1) is 11.3 Å². The molecule has 0 atom stereocenters. The summed E-state index contributed by atoms with van der Waals surface area (Å²) >= 11 is 6.72. The number of anilines is 1. The minimum Gasteiger partial charge on any atom is -0.276 e. The first kappa shape index (κ1) is 13.3. The zero-order valence-corrected chi connectivity index (χ0v) is 11.7. The molecule has 0 saturated carbocycles. The van der Waals surface area contributed by atoms with Gasteiger partial charge in [-0.2, -0.15) is 0 Å². The molecule has 0 spiro atoms.